The van der Waals surface area contributed by atoms with E-state index in [-0.39, 0.29) is 35.6 Å². The lowest BCUT2D eigenvalue weighted by Crippen LogP contribution is -2.36. The van der Waals surface area contributed by atoms with Crippen molar-refractivity contribution in [2.45, 2.75) is 59.7 Å². The third-order valence-corrected chi connectivity index (χ3v) is 5.05. The Morgan fingerprint density at radius 1 is 1.00 bits per heavy atom. The first kappa shape index (κ1) is 26.8. The highest BCUT2D eigenvalue weighted by molar-refractivity contribution is 5.99. The van der Waals surface area contributed by atoms with E-state index in [1.807, 2.05) is 51.1 Å². The van der Waals surface area contributed by atoms with Crippen LogP contribution in [0.15, 0.2) is 42.6 Å². The Kier molecular flexibility index (Phi) is 10.0. The van der Waals surface area contributed by atoms with Crippen molar-refractivity contribution in [2.24, 2.45) is 11.8 Å². The summed E-state index contributed by atoms with van der Waals surface area (Å²) in [7, 11) is 1.39. The van der Waals surface area contributed by atoms with Crippen LogP contribution in [0.4, 0.5) is 0 Å². The minimum Gasteiger partial charge on any atom is -0.493 e. The summed E-state index contributed by atoms with van der Waals surface area (Å²) in [6, 6.07) is 10.8. The second-order valence-corrected chi connectivity index (χ2v) is 8.55. The molecule has 1 heterocycles. The maximum atomic E-state index is 12.9. The minimum absolute atomic E-state index is 0.0642. The van der Waals surface area contributed by atoms with Crippen molar-refractivity contribution in [3.05, 3.63) is 48.3 Å². The summed E-state index contributed by atoms with van der Waals surface area (Å²) in [6.45, 7) is 8.76. The Hall–Kier alpha value is -3.42. The topological polar surface area (TPSA) is 101 Å². The lowest BCUT2D eigenvalue weighted by atomic mass is 10.00. The quantitative estimate of drug-likeness (QED) is 0.326. The average Bonchev–Trinajstić information content (AvgIpc) is 2.78. The largest absolute Gasteiger partial charge is 0.493 e. The molecular formula is C26H33NO7. The highest BCUT2D eigenvalue weighted by Gasteiger charge is 2.29. The summed E-state index contributed by atoms with van der Waals surface area (Å²) in [6.07, 6.45) is 0.942. The van der Waals surface area contributed by atoms with Gasteiger partial charge in [0.05, 0.1) is 13.0 Å². The maximum Gasteiger partial charge on any atom is 0.309 e. The number of benzene rings is 1. The standard InChI is InChI=1S/C26H33NO7/c1-16(2)14-23(18(4)32-20-10-8-7-9-11-20)34-26(30)17(3)15-21(29)24-25(33-19(5)28)22(31-6)12-13-27-24/h7-13,16-18,23H,14-15H2,1-6H3/t17-,18-,23+/m1/s1. The van der Waals surface area contributed by atoms with Gasteiger partial charge in [-0.2, -0.15) is 0 Å². The molecule has 184 valence electrons. The van der Waals surface area contributed by atoms with Gasteiger partial charge in [0.15, 0.2) is 17.2 Å². The van der Waals surface area contributed by atoms with E-state index in [0.29, 0.717) is 12.2 Å². The predicted molar refractivity (Wildman–Crippen MR) is 126 cm³/mol. The van der Waals surface area contributed by atoms with E-state index in [0.717, 1.165) is 0 Å². The number of ether oxygens (including phenoxy) is 4. The lowest BCUT2D eigenvalue weighted by molar-refractivity contribution is -0.159. The maximum absolute atomic E-state index is 12.9. The molecule has 8 heteroatoms. The van der Waals surface area contributed by atoms with E-state index in [4.69, 9.17) is 18.9 Å². The number of carbonyl (C=O) groups is 3. The van der Waals surface area contributed by atoms with Crippen LogP contribution in [0.1, 0.15) is 57.9 Å². The van der Waals surface area contributed by atoms with Crippen molar-refractivity contribution in [3.63, 3.8) is 0 Å². The molecule has 0 aliphatic rings. The molecule has 0 unspecified atom stereocenters. The highest BCUT2D eigenvalue weighted by atomic mass is 16.6. The number of aromatic nitrogens is 1. The Morgan fingerprint density at radius 2 is 1.68 bits per heavy atom. The van der Waals surface area contributed by atoms with Crippen molar-refractivity contribution < 1.29 is 33.3 Å². The summed E-state index contributed by atoms with van der Waals surface area (Å²) in [5.41, 5.74) is -0.0753. The molecule has 0 aliphatic carbocycles. The predicted octanol–water partition coefficient (Wildman–Crippen LogP) is 4.65. The molecule has 0 aliphatic heterocycles. The van der Waals surface area contributed by atoms with Crippen molar-refractivity contribution >= 4 is 17.7 Å². The van der Waals surface area contributed by atoms with Crippen molar-refractivity contribution in [2.75, 3.05) is 7.11 Å². The normalized spacial score (nSPS) is 13.5. The number of para-hydroxylation sites is 1. The van der Waals surface area contributed by atoms with Crippen LogP contribution >= 0.6 is 0 Å². The summed E-state index contributed by atoms with van der Waals surface area (Å²) in [4.78, 5) is 41.3. The van der Waals surface area contributed by atoms with Gasteiger partial charge in [-0.15, -0.1) is 0 Å². The van der Waals surface area contributed by atoms with E-state index in [9.17, 15) is 14.4 Å². The third-order valence-electron chi connectivity index (χ3n) is 5.05. The van der Waals surface area contributed by atoms with Gasteiger partial charge >= 0.3 is 11.9 Å². The second-order valence-electron chi connectivity index (χ2n) is 8.55. The van der Waals surface area contributed by atoms with Crippen molar-refractivity contribution in [1.82, 2.24) is 4.98 Å². The Bertz CT molecular complexity index is 974. The van der Waals surface area contributed by atoms with Gasteiger partial charge in [-0.05, 0) is 31.4 Å². The summed E-state index contributed by atoms with van der Waals surface area (Å²) < 4.78 is 22.1. The lowest BCUT2D eigenvalue weighted by Gasteiger charge is -2.27. The number of methoxy groups -OCH3 is 1. The second kappa shape index (κ2) is 12.7. The number of hydrogen-bond donors (Lipinski definition) is 0. The van der Waals surface area contributed by atoms with Gasteiger partial charge in [-0.25, -0.2) is 4.98 Å². The smallest absolute Gasteiger partial charge is 0.309 e. The van der Waals surface area contributed by atoms with Crippen LogP contribution in [-0.2, 0) is 14.3 Å². The molecule has 34 heavy (non-hydrogen) atoms. The monoisotopic (exact) mass is 471 g/mol. The fraction of sp³-hybridized carbons (Fsp3) is 0.462. The first-order valence-corrected chi connectivity index (χ1v) is 11.3. The van der Waals surface area contributed by atoms with Crippen LogP contribution < -0.4 is 14.2 Å². The molecule has 2 aromatic rings. The zero-order valence-corrected chi connectivity index (χ0v) is 20.6. The first-order valence-electron chi connectivity index (χ1n) is 11.3. The van der Waals surface area contributed by atoms with Crippen LogP contribution in [0.5, 0.6) is 17.2 Å². The molecule has 3 atom stereocenters. The minimum atomic E-state index is -0.746. The number of pyridine rings is 1. The molecule has 1 aromatic heterocycles. The molecule has 0 amide bonds. The van der Waals surface area contributed by atoms with E-state index in [1.54, 1.807) is 6.92 Å². The van der Waals surface area contributed by atoms with E-state index >= 15 is 0 Å². The highest BCUT2D eigenvalue weighted by Crippen LogP contribution is 2.31. The van der Waals surface area contributed by atoms with Gasteiger partial charge in [0.25, 0.3) is 0 Å². The van der Waals surface area contributed by atoms with E-state index in [2.05, 4.69) is 4.98 Å². The summed E-state index contributed by atoms with van der Waals surface area (Å²) in [5.74, 6) is -1.25. The molecule has 0 radical (unpaired) electrons. The van der Waals surface area contributed by atoms with Gasteiger partial charge in [0, 0.05) is 25.6 Å². The number of nitrogens with zero attached hydrogens (tertiary/aromatic N) is 1. The van der Waals surface area contributed by atoms with Crippen LogP contribution in [0.25, 0.3) is 0 Å². The molecule has 0 bridgehead atoms. The molecule has 1 aromatic carbocycles. The molecule has 0 saturated carbocycles. The molecule has 0 spiro atoms. The van der Waals surface area contributed by atoms with Crippen LogP contribution in [-0.4, -0.2) is 42.0 Å². The van der Waals surface area contributed by atoms with Crippen LogP contribution in [0.3, 0.4) is 0 Å². The summed E-state index contributed by atoms with van der Waals surface area (Å²) >= 11 is 0. The van der Waals surface area contributed by atoms with Crippen LogP contribution in [0.2, 0.25) is 0 Å². The van der Waals surface area contributed by atoms with Gasteiger partial charge in [0.1, 0.15) is 18.0 Å². The fourth-order valence-electron chi connectivity index (χ4n) is 3.35. The number of esters is 2. The Balaban J connectivity index is 2.11. The SMILES string of the molecule is COc1ccnc(C(=O)C[C@@H](C)C(=O)O[C@@H](CC(C)C)[C@@H](C)Oc2ccccc2)c1OC(C)=O. The number of Topliss-reactive ketones (excluding diaryl/α,β-unsaturated/α-hetero) is 1. The van der Waals surface area contributed by atoms with Gasteiger partial charge in [0.2, 0.25) is 5.75 Å². The third kappa shape index (κ3) is 7.86. The number of rotatable bonds is 12. The van der Waals surface area contributed by atoms with Crippen LogP contribution in [0, 0.1) is 11.8 Å². The molecular weight excluding hydrogens is 438 g/mol. The van der Waals surface area contributed by atoms with Gasteiger partial charge in [-0.1, -0.05) is 39.0 Å². The molecule has 0 fully saturated rings. The van der Waals surface area contributed by atoms with E-state index in [1.165, 1.54) is 26.3 Å². The van der Waals surface area contributed by atoms with Crippen molar-refractivity contribution in [3.8, 4) is 17.2 Å². The van der Waals surface area contributed by atoms with Gasteiger partial charge in [-0.3, -0.25) is 14.4 Å². The Labute approximate surface area is 200 Å². The van der Waals surface area contributed by atoms with E-state index < -0.39 is 29.7 Å². The fourth-order valence-corrected chi connectivity index (χ4v) is 3.35. The molecule has 2 rings (SSSR count). The number of carbonyl (C=O) groups excluding carboxylic acids is 3. The zero-order chi connectivity index (χ0) is 25.3. The number of ketones is 1. The zero-order valence-electron chi connectivity index (χ0n) is 20.6. The molecule has 0 saturated heterocycles. The first-order chi connectivity index (χ1) is 16.1. The average molecular weight is 472 g/mol. The number of hydrogen-bond acceptors (Lipinski definition) is 8. The molecule has 0 N–H and O–H groups in total. The summed E-state index contributed by atoms with van der Waals surface area (Å²) in [5, 5.41) is 0. The Morgan fingerprint density at radius 3 is 2.26 bits per heavy atom. The van der Waals surface area contributed by atoms with Crippen molar-refractivity contribution in [1.29, 1.82) is 0 Å². The molecule has 8 nitrogen and oxygen atoms in total. The van der Waals surface area contributed by atoms with Gasteiger partial charge < -0.3 is 18.9 Å².